The SMILES string of the molecule is COc1ccc(-c2cc(=O)c3c(O)cc(O[C@H]4O[C@H](C(=O)O)[C@@H](O)[C@@H](O)[C@H]4O)cc3o2)cc1. The van der Waals surface area contributed by atoms with Crippen molar-refractivity contribution in [3.63, 3.8) is 0 Å². The highest BCUT2D eigenvalue weighted by Crippen LogP contribution is 2.33. The third kappa shape index (κ3) is 4.22. The van der Waals surface area contributed by atoms with Gasteiger partial charge in [-0.25, -0.2) is 4.79 Å². The van der Waals surface area contributed by atoms with Crippen LogP contribution in [0.15, 0.2) is 51.7 Å². The van der Waals surface area contributed by atoms with Crippen molar-refractivity contribution in [1.82, 2.24) is 0 Å². The monoisotopic (exact) mass is 460 g/mol. The van der Waals surface area contributed by atoms with E-state index >= 15 is 0 Å². The van der Waals surface area contributed by atoms with E-state index in [0.717, 1.165) is 6.07 Å². The lowest BCUT2D eigenvalue weighted by Crippen LogP contribution is -2.61. The maximum Gasteiger partial charge on any atom is 0.335 e. The number of aliphatic hydroxyl groups excluding tert-OH is 3. The fourth-order valence-corrected chi connectivity index (χ4v) is 3.49. The maximum absolute atomic E-state index is 12.6. The van der Waals surface area contributed by atoms with Crippen molar-refractivity contribution in [3.8, 4) is 28.6 Å². The normalized spacial score (nSPS) is 25.0. The van der Waals surface area contributed by atoms with E-state index in [0.29, 0.717) is 11.3 Å². The van der Waals surface area contributed by atoms with E-state index in [1.165, 1.54) is 19.2 Å². The molecule has 0 aliphatic carbocycles. The molecule has 33 heavy (non-hydrogen) atoms. The number of methoxy groups -OCH3 is 1. The average molecular weight is 460 g/mol. The maximum atomic E-state index is 12.6. The molecular weight excluding hydrogens is 440 g/mol. The molecule has 1 aliphatic rings. The standard InChI is InChI=1S/C22H20O11/c1-30-10-4-2-9(3-5-10)14-8-13(24)16-12(23)6-11(7-15(16)32-14)31-22-19(27)17(25)18(26)20(33-22)21(28)29/h2-8,17-20,22-23,25-27H,1H3,(H,28,29)/t17-,18+,19-,20+,22+/m1/s1. The third-order valence-electron chi connectivity index (χ3n) is 5.22. The number of ether oxygens (including phenoxy) is 3. The Morgan fingerprint density at radius 3 is 2.30 bits per heavy atom. The topological polar surface area (TPSA) is 176 Å². The van der Waals surface area contributed by atoms with Gasteiger partial charge in [-0.3, -0.25) is 4.79 Å². The third-order valence-corrected chi connectivity index (χ3v) is 5.22. The highest BCUT2D eigenvalue weighted by atomic mass is 16.7. The Hall–Kier alpha value is -3.64. The van der Waals surface area contributed by atoms with E-state index in [9.17, 15) is 30.0 Å². The number of carboxylic acid groups (broad SMARTS) is 1. The van der Waals surface area contributed by atoms with Crippen LogP contribution < -0.4 is 14.9 Å². The Morgan fingerprint density at radius 2 is 1.67 bits per heavy atom. The van der Waals surface area contributed by atoms with Crippen LogP contribution in [0.25, 0.3) is 22.3 Å². The van der Waals surface area contributed by atoms with Gasteiger partial charge in [0, 0.05) is 23.8 Å². The molecule has 1 saturated heterocycles. The van der Waals surface area contributed by atoms with Gasteiger partial charge in [0.1, 0.15) is 52.3 Å². The van der Waals surface area contributed by atoms with Gasteiger partial charge in [-0.2, -0.15) is 0 Å². The lowest BCUT2D eigenvalue weighted by Gasteiger charge is -2.38. The molecule has 2 heterocycles. The van der Waals surface area contributed by atoms with Crippen LogP contribution in [-0.4, -0.2) is 69.3 Å². The highest BCUT2D eigenvalue weighted by Gasteiger charge is 2.48. The van der Waals surface area contributed by atoms with Crippen LogP contribution in [0.4, 0.5) is 0 Å². The van der Waals surface area contributed by atoms with Gasteiger partial charge >= 0.3 is 5.97 Å². The fourth-order valence-electron chi connectivity index (χ4n) is 3.49. The summed E-state index contributed by atoms with van der Waals surface area (Å²) in [6, 6.07) is 10.2. The number of aliphatic carboxylic acids is 1. The molecule has 0 spiro atoms. The molecule has 174 valence electrons. The van der Waals surface area contributed by atoms with Crippen molar-refractivity contribution >= 4 is 16.9 Å². The van der Waals surface area contributed by atoms with Crippen molar-refractivity contribution in [2.45, 2.75) is 30.7 Å². The summed E-state index contributed by atoms with van der Waals surface area (Å²) in [6.07, 6.45) is -9.10. The number of phenols is 1. The van der Waals surface area contributed by atoms with Crippen LogP contribution in [0, 0.1) is 0 Å². The first-order valence-corrected chi connectivity index (χ1v) is 9.74. The minimum Gasteiger partial charge on any atom is -0.507 e. The zero-order chi connectivity index (χ0) is 23.9. The summed E-state index contributed by atoms with van der Waals surface area (Å²) >= 11 is 0. The lowest BCUT2D eigenvalue weighted by atomic mass is 9.99. The number of phenolic OH excluding ortho intramolecular Hbond substituents is 1. The minimum absolute atomic E-state index is 0.0519. The number of hydrogen-bond donors (Lipinski definition) is 5. The first-order valence-electron chi connectivity index (χ1n) is 9.74. The van der Waals surface area contributed by atoms with Gasteiger partial charge in [0.15, 0.2) is 11.5 Å². The number of aliphatic hydroxyl groups is 3. The summed E-state index contributed by atoms with van der Waals surface area (Å²) in [6.45, 7) is 0. The molecule has 2 aromatic carbocycles. The van der Waals surface area contributed by atoms with Crippen molar-refractivity contribution in [3.05, 3.63) is 52.7 Å². The average Bonchev–Trinajstić information content (AvgIpc) is 2.78. The first kappa shape index (κ1) is 22.6. The van der Waals surface area contributed by atoms with Crippen molar-refractivity contribution in [2.24, 2.45) is 0 Å². The molecule has 11 heteroatoms. The highest BCUT2D eigenvalue weighted by molar-refractivity contribution is 5.86. The predicted molar refractivity (Wildman–Crippen MR) is 111 cm³/mol. The number of carbonyl (C=O) groups is 1. The van der Waals surface area contributed by atoms with Gasteiger partial charge in [0.05, 0.1) is 7.11 Å². The van der Waals surface area contributed by atoms with Gasteiger partial charge in [-0.05, 0) is 24.3 Å². The van der Waals surface area contributed by atoms with E-state index in [4.69, 9.17) is 23.7 Å². The summed E-state index contributed by atoms with van der Waals surface area (Å²) < 4.78 is 21.4. The molecule has 5 atom stereocenters. The minimum atomic E-state index is -1.88. The fraction of sp³-hybridized carbons (Fsp3) is 0.273. The predicted octanol–water partition coefficient (Wildman–Crippen LogP) is 0.445. The number of aromatic hydroxyl groups is 1. The van der Waals surface area contributed by atoms with Crippen LogP contribution >= 0.6 is 0 Å². The second-order valence-corrected chi connectivity index (χ2v) is 7.37. The molecule has 0 saturated carbocycles. The molecule has 0 amide bonds. The molecule has 11 nitrogen and oxygen atoms in total. The second kappa shape index (κ2) is 8.71. The number of carboxylic acids is 1. The second-order valence-electron chi connectivity index (χ2n) is 7.37. The van der Waals surface area contributed by atoms with Crippen molar-refractivity contribution in [2.75, 3.05) is 7.11 Å². The van der Waals surface area contributed by atoms with E-state index in [2.05, 4.69) is 0 Å². The number of hydrogen-bond acceptors (Lipinski definition) is 10. The van der Waals surface area contributed by atoms with Crippen LogP contribution in [0.3, 0.4) is 0 Å². The van der Waals surface area contributed by atoms with Gasteiger partial charge in [-0.15, -0.1) is 0 Å². The smallest absolute Gasteiger partial charge is 0.335 e. The van der Waals surface area contributed by atoms with Gasteiger partial charge in [0.25, 0.3) is 0 Å². The first-order chi connectivity index (χ1) is 15.7. The Labute approximate surface area is 185 Å². The van der Waals surface area contributed by atoms with Crippen LogP contribution in [0.5, 0.6) is 17.2 Å². The molecular formula is C22H20O11. The van der Waals surface area contributed by atoms with Crippen molar-refractivity contribution in [1.29, 1.82) is 0 Å². The summed E-state index contributed by atoms with van der Waals surface area (Å²) in [7, 11) is 1.51. The summed E-state index contributed by atoms with van der Waals surface area (Å²) in [5, 5.41) is 49.2. The molecule has 5 N–H and O–H groups in total. The molecule has 1 fully saturated rings. The van der Waals surface area contributed by atoms with Crippen molar-refractivity contribution < 1.29 is 49.0 Å². The van der Waals surface area contributed by atoms with Crippen LogP contribution in [0.1, 0.15) is 0 Å². The van der Waals surface area contributed by atoms with E-state index in [1.54, 1.807) is 24.3 Å². The Bertz CT molecular complexity index is 1230. The van der Waals surface area contributed by atoms with E-state index < -0.39 is 47.9 Å². The quantitative estimate of drug-likeness (QED) is 0.357. The van der Waals surface area contributed by atoms with Gasteiger partial charge in [0.2, 0.25) is 6.29 Å². The molecule has 0 bridgehead atoms. The summed E-state index contributed by atoms with van der Waals surface area (Å²) in [4.78, 5) is 23.9. The number of fused-ring (bicyclic) bond motifs is 1. The van der Waals surface area contributed by atoms with E-state index in [-0.39, 0.29) is 22.5 Å². The number of rotatable bonds is 5. The Balaban J connectivity index is 1.70. The Morgan fingerprint density at radius 1 is 0.970 bits per heavy atom. The van der Waals surface area contributed by atoms with Gasteiger partial charge in [-0.1, -0.05) is 0 Å². The summed E-state index contributed by atoms with van der Waals surface area (Å²) in [5.41, 5.74) is -0.0124. The summed E-state index contributed by atoms with van der Waals surface area (Å²) in [5.74, 6) is -1.40. The zero-order valence-electron chi connectivity index (χ0n) is 17.1. The lowest BCUT2D eigenvalue weighted by molar-refractivity contribution is -0.271. The molecule has 3 aromatic rings. The molecule has 0 unspecified atom stereocenters. The zero-order valence-corrected chi connectivity index (χ0v) is 17.1. The van der Waals surface area contributed by atoms with E-state index in [1.807, 2.05) is 0 Å². The van der Waals surface area contributed by atoms with Crippen LogP contribution in [0.2, 0.25) is 0 Å². The van der Waals surface area contributed by atoms with Gasteiger partial charge < -0.3 is 44.2 Å². The number of benzene rings is 2. The molecule has 1 aromatic heterocycles. The largest absolute Gasteiger partial charge is 0.507 e. The molecule has 1 aliphatic heterocycles. The molecule has 0 radical (unpaired) electrons. The van der Waals surface area contributed by atoms with Crippen LogP contribution in [-0.2, 0) is 9.53 Å². The molecule has 4 rings (SSSR count). The Kier molecular flexibility index (Phi) is 5.95.